The number of piperidine rings is 1. The van der Waals surface area contributed by atoms with Gasteiger partial charge in [0.2, 0.25) is 5.91 Å². The largest absolute Gasteiger partial charge is 0.328 e. The number of halogens is 4. The van der Waals surface area contributed by atoms with Gasteiger partial charge in [-0.1, -0.05) is 34.8 Å². The van der Waals surface area contributed by atoms with Gasteiger partial charge < -0.3 is 11.1 Å². The molecular formula is C13H17Cl4N3O. The normalized spacial score (nSPS) is 16.4. The van der Waals surface area contributed by atoms with E-state index in [9.17, 15) is 4.79 Å². The molecule has 0 aliphatic carbocycles. The number of nitrogens with two attached hydrogens (primary N) is 1. The summed E-state index contributed by atoms with van der Waals surface area (Å²) in [5.74, 6) is -0.147. The van der Waals surface area contributed by atoms with E-state index in [1.54, 1.807) is 12.1 Å². The van der Waals surface area contributed by atoms with Crippen LogP contribution in [-0.4, -0.2) is 36.5 Å². The highest BCUT2D eigenvalue weighted by Crippen LogP contribution is 2.33. The van der Waals surface area contributed by atoms with Gasteiger partial charge in [0.1, 0.15) is 0 Å². The molecule has 0 radical (unpaired) electrons. The SMILES string of the molecule is Cl.NC1CCN(CC(=O)Nc2c(Cl)cc(Cl)cc2Cl)CC1. The summed E-state index contributed by atoms with van der Waals surface area (Å²) in [5.41, 5.74) is 6.23. The van der Waals surface area contributed by atoms with Crippen molar-refractivity contribution in [3.63, 3.8) is 0 Å². The zero-order valence-corrected chi connectivity index (χ0v) is 14.3. The summed E-state index contributed by atoms with van der Waals surface area (Å²) in [7, 11) is 0. The number of hydrogen-bond donors (Lipinski definition) is 2. The molecule has 1 fully saturated rings. The van der Waals surface area contributed by atoms with Crippen molar-refractivity contribution in [2.24, 2.45) is 5.73 Å². The average Bonchev–Trinajstić information content (AvgIpc) is 2.36. The van der Waals surface area contributed by atoms with Gasteiger partial charge in [-0.25, -0.2) is 0 Å². The van der Waals surface area contributed by atoms with E-state index in [0.717, 1.165) is 25.9 Å². The Kier molecular flexibility index (Phi) is 7.54. The van der Waals surface area contributed by atoms with Crippen molar-refractivity contribution in [2.45, 2.75) is 18.9 Å². The first-order valence-corrected chi connectivity index (χ1v) is 7.51. The maximum Gasteiger partial charge on any atom is 0.238 e. The third-order valence-electron chi connectivity index (χ3n) is 3.27. The molecule has 0 aromatic heterocycles. The molecule has 21 heavy (non-hydrogen) atoms. The van der Waals surface area contributed by atoms with Gasteiger partial charge in [0, 0.05) is 24.2 Å². The Hall–Kier alpha value is -0.230. The van der Waals surface area contributed by atoms with Gasteiger partial charge >= 0.3 is 0 Å². The number of anilines is 1. The second-order valence-electron chi connectivity index (χ2n) is 4.91. The van der Waals surface area contributed by atoms with Crippen LogP contribution in [0.3, 0.4) is 0 Å². The third kappa shape index (κ3) is 5.47. The van der Waals surface area contributed by atoms with Crippen LogP contribution in [0.1, 0.15) is 12.8 Å². The molecule has 1 amide bonds. The number of nitrogens with one attached hydrogen (secondary N) is 1. The van der Waals surface area contributed by atoms with Gasteiger partial charge in [0.25, 0.3) is 0 Å². The van der Waals surface area contributed by atoms with E-state index in [0.29, 0.717) is 27.3 Å². The van der Waals surface area contributed by atoms with Gasteiger partial charge in [-0.3, -0.25) is 9.69 Å². The van der Waals surface area contributed by atoms with Crippen LogP contribution >= 0.6 is 47.2 Å². The highest BCUT2D eigenvalue weighted by Gasteiger charge is 2.19. The van der Waals surface area contributed by atoms with E-state index in [2.05, 4.69) is 10.2 Å². The third-order valence-corrected chi connectivity index (χ3v) is 4.09. The monoisotopic (exact) mass is 371 g/mol. The number of carbonyl (C=O) groups excluding carboxylic acids is 1. The molecule has 1 aromatic carbocycles. The van der Waals surface area contributed by atoms with E-state index in [-0.39, 0.29) is 24.4 Å². The number of hydrogen-bond acceptors (Lipinski definition) is 3. The lowest BCUT2D eigenvalue weighted by Gasteiger charge is -2.29. The van der Waals surface area contributed by atoms with E-state index >= 15 is 0 Å². The fourth-order valence-electron chi connectivity index (χ4n) is 2.15. The quantitative estimate of drug-likeness (QED) is 0.854. The summed E-state index contributed by atoms with van der Waals surface area (Å²) in [6, 6.07) is 3.34. The summed E-state index contributed by atoms with van der Waals surface area (Å²) in [6.45, 7) is 1.97. The molecule has 1 saturated heterocycles. The van der Waals surface area contributed by atoms with Gasteiger partial charge in [0.15, 0.2) is 0 Å². The molecule has 1 aliphatic rings. The Bertz CT molecular complexity index is 481. The molecule has 118 valence electrons. The van der Waals surface area contributed by atoms with Gasteiger partial charge in [0.05, 0.1) is 22.3 Å². The Labute approximate surface area is 145 Å². The smallest absolute Gasteiger partial charge is 0.238 e. The minimum Gasteiger partial charge on any atom is -0.328 e. The van der Waals surface area contributed by atoms with Crippen molar-refractivity contribution in [3.05, 3.63) is 27.2 Å². The zero-order chi connectivity index (χ0) is 14.7. The summed E-state index contributed by atoms with van der Waals surface area (Å²) in [5, 5.41) is 3.82. The molecule has 1 aliphatic heterocycles. The van der Waals surface area contributed by atoms with E-state index in [4.69, 9.17) is 40.5 Å². The van der Waals surface area contributed by atoms with Crippen molar-refractivity contribution in [3.8, 4) is 0 Å². The molecule has 0 saturated carbocycles. The number of amides is 1. The lowest BCUT2D eigenvalue weighted by molar-refractivity contribution is -0.117. The molecule has 0 atom stereocenters. The van der Waals surface area contributed by atoms with E-state index in [1.807, 2.05) is 0 Å². The molecule has 3 N–H and O–H groups in total. The van der Waals surface area contributed by atoms with Crippen LogP contribution in [-0.2, 0) is 4.79 Å². The van der Waals surface area contributed by atoms with Crippen LogP contribution in [0.25, 0.3) is 0 Å². The molecule has 8 heteroatoms. The van der Waals surface area contributed by atoms with Crippen LogP contribution in [0.5, 0.6) is 0 Å². The first-order valence-electron chi connectivity index (χ1n) is 6.38. The van der Waals surface area contributed by atoms with Crippen LogP contribution < -0.4 is 11.1 Å². The number of rotatable bonds is 3. The molecule has 0 unspecified atom stereocenters. The fraction of sp³-hybridized carbons (Fsp3) is 0.462. The van der Waals surface area contributed by atoms with Gasteiger partial charge in [-0.15, -0.1) is 12.4 Å². The van der Waals surface area contributed by atoms with Crippen LogP contribution in [0.4, 0.5) is 5.69 Å². The predicted molar refractivity (Wildman–Crippen MR) is 91.0 cm³/mol. The summed E-state index contributed by atoms with van der Waals surface area (Å²) in [4.78, 5) is 14.1. The maximum absolute atomic E-state index is 12.0. The summed E-state index contributed by atoms with van der Waals surface area (Å²) >= 11 is 17.9. The Morgan fingerprint density at radius 1 is 1.24 bits per heavy atom. The molecule has 0 spiro atoms. The first-order chi connectivity index (χ1) is 9.45. The average molecular weight is 373 g/mol. The predicted octanol–water partition coefficient (Wildman–Crippen LogP) is 3.43. The summed E-state index contributed by atoms with van der Waals surface area (Å²) in [6.07, 6.45) is 1.82. The molecule has 4 nitrogen and oxygen atoms in total. The van der Waals surface area contributed by atoms with Crippen molar-refractivity contribution in [2.75, 3.05) is 25.0 Å². The number of benzene rings is 1. The van der Waals surface area contributed by atoms with Gasteiger partial charge in [-0.05, 0) is 25.0 Å². The number of likely N-dealkylation sites (tertiary alicyclic amines) is 1. The van der Waals surface area contributed by atoms with Crippen LogP contribution in [0.15, 0.2) is 12.1 Å². The molecular weight excluding hydrogens is 356 g/mol. The van der Waals surface area contributed by atoms with Gasteiger partial charge in [-0.2, -0.15) is 0 Å². The Morgan fingerprint density at radius 3 is 2.29 bits per heavy atom. The standard InChI is InChI=1S/C13H16Cl3N3O.ClH/c14-8-5-10(15)13(11(16)6-8)18-12(20)7-19-3-1-9(17)2-4-19;/h5-6,9H,1-4,7,17H2,(H,18,20);1H. The van der Waals surface area contributed by atoms with E-state index < -0.39 is 0 Å². The van der Waals surface area contributed by atoms with Crippen molar-refractivity contribution < 1.29 is 4.79 Å². The Balaban J connectivity index is 0.00000220. The lowest BCUT2D eigenvalue weighted by Crippen LogP contribution is -2.43. The van der Waals surface area contributed by atoms with Crippen LogP contribution in [0, 0.1) is 0 Å². The molecule has 2 rings (SSSR count). The second-order valence-corrected chi connectivity index (χ2v) is 6.16. The van der Waals surface area contributed by atoms with Crippen molar-refractivity contribution in [1.29, 1.82) is 0 Å². The Morgan fingerprint density at radius 2 is 1.76 bits per heavy atom. The lowest BCUT2D eigenvalue weighted by atomic mass is 10.1. The summed E-state index contributed by atoms with van der Waals surface area (Å²) < 4.78 is 0. The fourth-order valence-corrected chi connectivity index (χ4v) is 3.07. The highest BCUT2D eigenvalue weighted by molar-refractivity contribution is 6.42. The van der Waals surface area contributed by atoms with Crippen molar-refractivity contribution in [1.82, 2.24) is 4.90 Å². The minimum absolute atomic E-state index is 0. The second kappa shape index (κ2) is 8.42. The highest BCUT2D eigenvalue weighted by atomic mass is 35.5. The molecule has 1 heterocycles. The van der Waals surface area contributed by atoms with Crippen molar-refractivity contribution >= 4 is 58.8 Å². The molecule has 1 aromatic rings. The zero-order valence-electron chi connectivity index (χ0n) is 11.2. The molecule has 0 bridgehead atoms. The first kappa shape index (κ1) is 18.8. The topological polar surface area (TPSA) is 58.4 Å². The number of carbonyl (C=O) groups is 1. The minimum atomic E-state index is -0.147. The maximum atomic E-state index is 12.0. The van der Waals surface area contributed by atoms with E-state index in [1.165, 1.54) is 0 Å². The number of nitrogens with zero attached hydrogens (tertiary/aromatic N) is 1. The van der Waals surface area contributed by atoms with Crippen LogP contribution in [0.2, 0.25) is 15.1 Å².